The number of rotatable bonds is 8. The van der Waals surface area contributed by atoms with Crippen LogP contribution in [-0.4, -0.2) is 29.4 Å². The van der Waals surface area contributed by atoms with E-state index in [2.05, 4.69) is 78.1 Å². The topological polar surface area (TPSA) is 63.5 Å². The Kier molecular flexibility index (Phi) is 7.63. The first-order valence-corrected chi connectivity index (χ1v) is 10.3. The van der Waals surface area contributed by atoms with E-state index >= 15 is 0 Å². The van der Waals surface area contributed by atoms with Crippen LogP contribution in [0.15, 0.2) is 59.6 Å². The number of hydrogen-bond donors (Lipinski definition) is 2. The molecule has 1 heterocycles. The molecule has 3 rings (SSSR count). The molecule has 0 spiro atoms. The summed E-state index contributed by atoms with van der Waals surface area (Å²) in [5.41, 5.74) is 6.71. The Balaban J connectivity index is 1.70. The van der Waals surface area contributed by atoms with E-state index in [1.54, 1.807) is 7.11 Å². The van der Waals surface area contributed by atoms with E-state index in [-0.39, 0.29) is 0 Å². The molecule has 6 heteroatoms. The van der Waals surface area contributed by atoms with Crippen molar-refractivity contribution in [2.75, 3.05) is 13.7 Å². The van der Waals surface area contributed by atoms with Gasteiger partial charge >= 0.3 is 0 Å². The number of nitrogens with one attached hydrogen (secondary N) is 2. The van der Waals surface area contributed by atoms with Gasteiger partial charge in [0.15, 0.2) is 5.96 Å². The van der Waals surface area contributed by atoms with Crippen molar-refractivity contribution in [2.45, 2.75) is 40.5 Å². The molecule has 6 nitrogen and oxygen atoms in total. The van der Waals surface area contributed by atoms with Crippen LogP contribution in [0.5, 0.6) is 0 Å². The predicted octanol–water partition coefficient (Wildman–Crippen LogP) is 3.89. The standard InChI is InChI=1S/C24H31N5O/c1-5-25-24(26-15-20-10-12-21(13-11-20)17-30-4)27-16-22-8-6-7-9-23(22)29-19(3)14-18(2)28-29/h6-14H,5,15-17H2,1-4H3,(H2,25,26,27). The molecule has 2 N–H and O–H groups in total. The minimum atomic E-state index is 0.613. The summed E-state index contributed by atoms with van der Waals surface area (Å²) in [5, 5.41) is 11.4. The summed E-state index contributed by atoms with van der Waals surface area (Å²) >= 11 is 0. The number of aliphatic imine (C=N–C) groups is 1. The number of methoxy groups -OCH3 is 1. The molecule has 1 aromatic heterocycles. The van der Waals surface area contributed by atoms with Crippen LogP contribution in [0.25, 0.3) is 5.69 Å². The van der Waals surface area contributed by atoms with Gasteiger partial charge in [-0.15, -0.1) is 0 Å². The summed E-state index contributed by atoms with van der Waals surface area (Å²) in [6, 6.07) is 18.8. The molecule has 158 valence electrons. The lowest BCUT2D eigenvalue weighted by Gasteiger charge is -2.15. The van der Waals surface area contributed by atoms with Crippen LogP contribution in [0.3, 0.4) is 0 Å². The highest BCUT2D eigenvalue weighted by Crippen LogP contribution is 2.17. The van der Waals surface area contributed by atoms with Crippen molar-refractivity contribution in [3.63, 3.8) is 0 Å². The highest BCUT2D eigenvalue weighted by atomic mass is 16.5. The van der Waals surface area contributed by atoms with Crippen LogP contribution in [0, 0.1) is 13.8 Å². The van der Waals surface area contributed by atoms with Crippen molar-refractivity contribution in [2.24, 2.45) is 4.99 Å². The van der Waals surface area contributed by atoms with Crippen molar-refractivity contribution < 1.29 is 4.74 Å². The highest BCUT2D eigenvalue weighted by molar-refractivity contribution is 5.79. The third kappa shape index (κ3) is 5.70. The van der Waals surface area contributed by atoms with E-state index in [0.29, 0.717) is 19.7 Å². The Morgan fingerprint density at radius 2 is 1.77 bits per heavy atom. The van der Waals surface area contributed by atoms with Gasteiger partial charge in [-0.1, -0.05) is 42.5 Å². The van der Waals surface area contributed by atoms with E-state index in [1.165, 1.54) is 5.56 Å². The Morgan fingerprint density at radius 1 is 1.03 bits per heavy atom. The molecule has 0 aliphatic heterocycles. The molecule has 0 fully saturated rings. The Labute approximate surface area is 179 Å². The van der Waals surface area contributed by atoms with Crippen LogP contribution >= 0.6 is 0 Å². The van der Waals surface area contributed by atoms with Crippen molar-refractivity contribution in [3.05, 3.63) is 82.7 Å². The van der Waals surface area contributed by atoms with E-state index in [0.717, 1.165) is 40.7 Å². The van der Waals surface area contributed by atoms with Gasteiger partial charge in [0, 0.05) is 25.9 Å². The fourth-order valence-electron chi connectivity index (χ4n) is 3.34. The summed E-state index contributed by atoms with van der Waals surface area (Å²) in [6.07, 6.45) is 0. The maximum absolute atomic E-state index is 5.17. The predicted molar refractivity (Wildman–Crippen MR) is 122 cm³/mol. The van der Waals surface area contributed by atoms with Gasteiger partial charge < -0.3 is 15.4 Å². The maximum Gasteiger partial charge on any atom is 0.191 e. The second-order valence-corrected chi connectivity index (χ2v) is 7.27. The van der Waals surface area contributed by atoms with Crippen LogP contribution in [-0.2, 0) is 24.4 Å². The first-order chi connectivity index (χ1) is 14.6. The number of aromatic nitrogens is 2. The van der Waals surface area contributed by atoms with Gasteiger partial charge in [0.2, 0.25) is 0 Å². The van der Waals surface area contributed by atoms with Crippen molar-refractivity contribution in [3.8, 4) is 5.69 Å². The van der Waals surface area contributed by atoms with E-state index in [9.17, 15) is 0 Å². The number of ether oxygens (including phenoxy) is 1. The smallest absolute Gasteiger partial charge is 0.191 e. The summed E-state index contributed by atoms with van der Waals surface area (Å²) in [4.78, 5) is 4.74. The molecule has 0 saturated carbocycles. The summed E-state index contributed by atoms with van der Waals surface area (Å²) in [6.45, 7) is 8.87. The number of benzene rings is 2. The van der Waals surface area contributed by atoms with E-state index < -0.39 is 0 Å². The molecule has 2 aromatic carbocycles. The van der Waals surface area contributed by atoms with E-state index in [1.807, 2.05) is 17.7 Å². The average molecular weight is 406 g/mol. The molecule has 0 atom stereocenters. The molecule has 0 bridgehead atoms. The Morgan fingerprint density at radius 3 is 2.43 bits per heavy atom. The monoisotopic (exact) mass is 405 g/mol. The SMILES string of the molecule is CCNC(=NCc1ccc(COC)cc1)NCc1ccccc1-n1nc(C)cc1C. The average Bonchev–Trinajstić information content (AvgIpc) is 3.09. The third-order valence-electron chi connectivity index (χ3n) is 4.77. The minimum absolute atomic E-state index is 0.613. The van der Waals surface area contributed by atoms with Crippen molar-refractivity contribution >= 4 is 5.96 Å². The lowest BCUT2D eigenvalue weighted by Crippen LogP contribution is -2.37. The zero-order valence-corrected chi connectivity index (χ0v) is 18.3. The number of para-hydroxylation sites is 1. The number of nitrogens with zero attached hydrogens (tertiary/aromatic N) is 3. The Bertz CT molecular complexity index is 976. The first-order valence-electron chi connectivity index (χ1n) is 10.3. The summed E-state index contributed by atoms with van der Waals surface area (Å²) in [7, 11) is 1.71. The zero-order valence-electron chi connectivity index (χ0n) is 18.3. The molecule has 3 aromatic rings. The van der Waals surface area contributed by atoms with Crippen molar-refractivity contribution in [1.82, 2.24) is 20.4 Å². The lowest BCUT2D eigenvalue weighted by molar-refractivity contribution is 0.185. The molecular formula is C24H31N5O. The molecule has 0 aliphatic carbocycles. The molecular weight excluding hydrogens is 374 g/mol. The Hall–Kier alpha value is -3.12. The second kappa shape index (κ2) is 10.6. The number of hydrogen-bond acceptors (Lipinski definition) is 3. The fourth-order valence-corrected chi connectivity index (χ4v) is 3.34. The molecule has 0 saturated heterocycles. The summed E-state index contributed by atoms with van der Waals surface area (Å²) < 4.78 is 7.17. The second-order valence-electron chi connectivity index (χ2n) is 7.27. The van der Waals surface area contributed by atoms with Crippen LogP contribution in [0.1, 0.15) is 35.0 Å². The van der Waals surface area contributed by atoms with Crippen LogP contribution in [0.4, 0.5) is 0 Å². The van der Waals surface area contributed by atoms with Gasteiger partial charge in [-0.2, -0.15) is 5.10 Å². The summed E-state index contributed by atoms with van der Waals surface area (Å²) in [5.74, 6) is 0.793. The zero-order chi connectivity index (χ0) is 21.3. The minimum Gasteiger partial charge on any atom is -0.380 e. The van der Waals surface area contributed by atoms with Gasteiger partial charge in [-0.25, -0.2) is 9.67 Å². The maximum atomic E-state index is 5.17. The van der Waals surface area contributed by atoms with Gasteiger partial charge in [-0.05, 0) is 49.6 Å². The van der Waals surface area contributed by atoms with Gasteiger partial charge in [0.05, 0.1) is 24.5 Å². The van der Waals surface area contributed by atoms with Gasteiger partial charge in [-0.3, -0.25) is 0 Å². The van der Waals surface area contributed by atoms with Crippen LogP contribution < -0.4 is 10.6 Å². The highest BCUT2D eigenvalue weighted by Gasteiger charge is 2.09. The normalized spacial score (nSPS) is 11.5. The molecule has 0 radical (unpaired) electrons. The quantitative estimate of drug-likeness (QED) is 0.441. The van der Waals surface area contributed by atoms with Gasteiger partial charge in [0.1, 0.15) is 0 Å². The molecule has 30 heavy (non-hydrogen) atoms. The van der Waals surface area contributed by atoms with Gasteiger partial charge in [0.25, 0.3) is 0 Å². The number of guanidine groups is 1. The first kappa shape index (κ1) is 21.6. The molecule has 0 aliphatic rings. The number of aryl methyl sites for hydroxylation is 2. The third-order valence-corrected chi connectivity index (χ3v) is 4.77. The van der Waals surface area contributed by atoms with E-state index in [4.69, 9.17) is 9.73 Å². The lowest BCUT2D eigenvalue weighted by atomic mass is 10.1. The van der Waals surface area contributed by atoms with Crippen molar-refractivity contribution in [1.29, 1.82) is 0 Å². The molecule has 0 amide bonds. The fraction of sp³-hybridized carbons (Fsp3) is 0.333. The van der Waals surface area contributed by atoms with Crippen LogP contribution in [0.2, 0.25) is 0 Å². The molecule has 0 unspecified atom stereocenters. The largest absolute Gasteiger partial charge is 0.380 e.